The molecule has 3 heteroatoms. The Morgan fingerprint density at radius 2 is 1.89 bits per heavy atom. The third-order valence-electron chi connectivity index (χ3n) is 3.29. The molecule has 0 fully saturated rings. The summed E-state index contributed by atoms with van der Waals surface area (Å²) < 4.78 is 5.60. The molecule has 0 aromatic heterocycles. The highest BCUT2D eigenvalue weighted by Crippen LogP contribution is 2.17. The zero-order chi connectivity index (χ0) is 13.8. The molecule has 0 aliphatic rings. The van der Waals surface area contributed by atoms with Crippen LogP contribution in [0.3, 0.4) is 0 Å². The molecule has 0 aliphatic carbocycles. The number of hydrogen-bond donors (Lipinski definition) is 0. The molecule has 0 heterocycles. The van der Waals surface area contributed by atoms with Crippen molar-refractivity contribution in [2.75, 3.05) is 0 Å². The maximum absolute atomic E-state index is 11.7. The van der Waals surface area contributed by atoms with Crippen molar-refractivity contribution in [1.82, 2.24) is 0 Å². The summed E-state index contributed by atoms with van der Waals surface area (Å²) in [7, 11) is -1.80. The van der Waals surface area contributed by atoms with Gasteiger partial charge in [-0.2, -0.15) is 0 Å². The Labute approximate surface area is 111 Å². The summed E-state index contributed by atoms with van der Waals surface area (Å²) in [6.07, 6.45) is 0.840. The molecule has 1 rings (SSSR count). The number of ether oxygens (including phenoxy) is 1. The van der Waals surface area contributed by atoms with E-state index in [0.29, 0.717) is 5.57 Å². The van der Waals surface area contributed by atoms with E-state index in [2.05, 4.69) is 38.7 Å². The summed E-state index contributed by atoms with van der Waals surface area (Å²) in [5.74, 6) is -0.279. The lowest BCUT2D eigenvalue weighted by atomic mass is 10.4. The predicted molar refractivity (Wildman–Crippen MR) is 78.5 cm³/mol. The second-order valence-electron chi connectivity index (χ2n) is 5.17. The summed E-state index contributed by atoms with van der Waals surface area (Å²) in [6.45, 7) is 11.9. The van der Waals surface area contributed by atoms with Gasteiger partial charge in [-0.1, -0.05) is 62.1 Å². The fourth-order valence-electron chi connectivity index (χ4n) is 2.02. The van der Waals surface area contributed by atoms with Gasteiger partial charge >= 0.3 is 5.97 Å². The summed E-state index contributed by atoms with van der Waals surface area (Å²) in [6, 6.07) is 10.3. The van der Waals surface area contributed by atoms with Crippen molar-refractivity contribution >= 4 is 19.2 Å². The summed E-state index contributed by atoms with van der Waals surface area (Å²) in [5.41, 5.74) is 0.454. The molecule has 1 aromatic carbocycles. The van der Waals surface area contributed by atoms with E-state index in [0.717, 1.165) is 6.42 Å². The van der Waals surface area contributed by atoms with Crippen molar-refractivity contribution in [2.24, 2.45) is 0 Å². The van der Waals surface area contributed by atoms with Crippen LogP contribution < -0.4 is 5.19 Å². The van der Waals surface area contributed by atoms with Gasteiger partial charge in [0.05, 0.1) is 5.73 Å². The average Bonchev–Trinajstić information content (AvgIpc) is 2.36. The fourth-order valence-corrected chi connectivity index (χ4v) is 4.87. The zero-order valence-electron chi connectivity index (χ0n) is 11.7. The second-order valence-corrected chi connectivity index (χ2v) is 9.83. The minimum atomic E-state index is -1.80. The molecule has 1 atom stereocenters. The number of carbonyl (C=O) groups is 1. The quantitative estimate of drug-likeness (QED) is 0.463. The van der Waals surface area contributed by atoms with E-state index in [1.807, 2.05) is 18.2 Å². The van der Waals surface area contributed by atoms with Gasteiger partial charge in [0.25, 0.3) is 0 Å². The summed E-state index contributed by atoms with van der Waals surface area (Å²) in [5, 5.41) is 1.31. The number of esters is 1. The third-order valence-corrected chi connectivity index (χ3v) is 7.25. The highest BCUT2D eigenvalue weighted by Gasteiger charge is 2.35. The molecule has 0 radical (unpaired) electrons. The van der Waals surface area contributed by atoms with Gasteiger partial charge in [0.2, 0.25) is 0 Å². The maximum Gasteiger partial charge on any atom is 0.333 e. The Hall–Kier alpha value is -1.35. The van der Waals surface area contributed by atoms with Crippen LogP contribution in [0, 0.1) is 0 Å². The van der Waals surface area contributed by atoms with Crippen molar-refractivity contribution in [1.29, 1.82) is 0 Å². The summed E-state index contributed by atoms with van der Waals surface area (Å²) in [4.78, 5) is 11.7. The third kappa shape index (κ3) is 3.32. The Bertz CT molecular complexity index is 423. The first kappa shape index (κ1) is 14.7. The molecule has 0 amide bonds. The topological polar surface area (TPSA) is 26.3 Å². The molecule has 0 bridgehead atoms. The van der Waals surface area contributed by atoms with Gasteiger partial charge in [0.15, 0.2) is 0 Å². The van der Waals surface area contributed by atoms with Crippen LogP contribution >= 0.6 is 0 Å². The SMILES string of the molecule is C=C(C)C(=O)OC(CC)[Si](C)(C)c1ccccc1. The van der Waals surface area contributed by atoms with Gasteiger partial charge in [0, 0.05) is 5.57 Å². The molecular weight excluding hydrogens is 240 g/mol. The van der Waals surface area contributed by atoms with Gasteiger partial charge in [-0.05, 0) is 13.3 Å². The number of rotatable bonds is 5. The van der Waals surface area contributed by atoms with Crippen molar-refractivity contribution in [3.63, 3.8) is 0 Å². The molecule has 1 aromatic rings. The van der Waals surface area contributed by atoms with Crippen LogP contribution in [0.2, 0.25) is 13.1 Å². The van der Waals surface area contributed by atoms with Crippen molar-refractivity contribution < 1.29 is 9.53 Å². The predicted octanol–water partition coefficient (Wildman–Crippen LogP) is 3.04. The molecular formula is C15H22O2Si. The Kier molecular flexibility index (Phi) is 4.90. The normalized spacial score (nSPS) is 12.9. The lowest BCUT2D eigenvalue weighted by Gasteiger charge is -2.31. The highest BCUT2D eigenvalue weighted by molar-refractivity contribution is 6.90. The van der Waals surface area contributed by atoms with Crippen LogP contribution in [0.4, 0.5) is 0 Å². The molecule has 0 saturated heterocycles. The highest BCUT2D eigenvalue weighted by atomic mass is 28.3. The first-order chi connectivity index (χ1) is 8.39. The Balaban J connectivity index is 2.93. The minimum Gasteiger partial charge on any atom is -0.462 e. The van der Waals surface area contributed by atoms with E-state index >= 15 is 0 Å². The van der Waals surface area contributed by atoms with E-state index in [-0.39, 0.29) is 11.7 Å². The molecule has 18 heavy (non-hydrogen) atoms. The number of benzene rings is 1. The lowest BCUT2D eigenvalue weighted by molar-refractivity contribution is -0.141. The molecule has 2 nitrogen and oxygen atoms in total. The number of hydrogen-bond acceptors (Lipinski definition) is 2. The molecule has 98 valence electrons. The van der Waals surface area contributed by atoms with Crippen LogP contribution in [0.25, 0.3) is 0 Å². The van der Waals surface area contributed by atoms with Gasteiger partial charge < -0.3 is 4.74 Å². The fraction of sp³-hybridized carbons (Fsp3) is 0.400. The van der Waals surface area contributed by atoms with Crippen molar-refractivity contribution in [3.05, 3.63) is 42.5 Å². The van der Waals surface area contributed by atoms with E-state index in [1.165, 1.54) is 5.19 Å². The molecule has 0 aliphatic heterocycles. The standard InChI is InChI=1S/C15H22O2Si/c1-6-14(17-15(16)12(2)3)18(4,5)13-10-8-7-9-11-13/h7-11,14H,2,6H2,1,3-5H3. The molecule has 0 saturated carbocycles. The minimum absolute atomic E-state index is 0.0101. The van der Waals surface area contributed by atoms with Crippen LogP contribution in [-0.2, 0) is 9.53 Å². The Morgan fingerprint density at radius 3 is 2.33 bits per heavy atom. The van der Waals surface area contributed by atoms with Gasteiger partial charge in [-0.3, -0.25) is 0 Å². The maximum atomic E-state index is 11.7. The van der Waals surface area contributed by atoms with E-state index in [9.17, 15) is 4.79 Å². The van der Waals surface area contributed by atoms with Crippen LogP contribution in [0.5, 0.6) is 0 Å². The largest absolute Gasteiger partial charge is 0.462 e. The molecule has 1 unspecified atom stereocenters. The number of carbonyl (C=O) groups excluding carboxylic acids is 1. The van der Waals surface area contributed by atoms with Crippen molar-refractivity contribution in [3.8, 4) is 0 Å². The van der Waals surface area contributed by atoms with Gasteiger partial charge in [0.1, 0.15) is 8.07 Å². The van der Waals surface area contributed by atoms with Crippen LogP contribution in [0.1, 0.15) is 20.3 Å². The molecule has 0 spiro atoms. The first-order valence-electron chi connectivity index (χ1n) is 6.31. The van der Waals surface area contributed by atoms with Gasteiger partial charge in [-0.15, -0.1) is 0 Å². The first-order valence-corrected chi connectivity index (χ1v) is 9.39. The zero-order valence-corrected chi connectivity index (χ0v) is 12.7. The smallest absolute Gasteiger partial charge is 0.333 e. The summed E-state index contributed by atoms with van der Waals surface area (Å²) >= 11 is 0. The van der Waals surface area contributed by atoms with E-state index in [1.54, 1.807) is 6.92 Å². The molecule has 0 N–H and O–H groups in total. The second kappa shape index (κ2) is 6.00. The average molecular weight is 262 g/mol. The van der Waals surface area contributed by atoms with E-state index < -0.39 is 8.07 Å². The van der Waals surface area contributed by atoms with Crippen molar-refractivity contribution in [2.45, 2.75) is 39.1 Å². The lowest BCUT2D eigenvalue weighted by Crippen LogP contribution is -2.54. The van der Waals surface area contributed by atoms with E-state index in [4.69, 9.17) is 4.74 Å². The van der Waals surface area contributed by atoms with Crippen LogP contribution in [-0.4, -0.2) is 19.8 Å². The monoisotopic (exact) mass is 262 g/mol. The van der Waals surface area contributed by atoms with Gasteiger partial charge in [-0.25, -0.2) is 4.79 Å². The Morgan fingerprint density at radius 1 is 1.33 bits per heavy atom. The van der Waals surface area contributed by atoms with Crippen LogP contribution in [0.15, 0.2) is 42.5 Å².